The maximum Gasteiger partial charge on any atom is 0.124 e. The lowest BCUT2D eigenvalue weighted by Crippen LogP contribution is -2.18. The predicted octanol–water partition coefficient (Wildman–Crippen LogP) is 4.84. The Labute approximate surface area is 133 Å². The van der Waals surface area contributed by atoms with E-state index < -0.39 is 0 Å². The van der Waals surface area contributed by atoms with Gasteiger partial charge in [0.05, 0.1) is 0 Å². The fraction of sp³-hybridized carbons (Fsp3) is 0.294. The summed E-state index contributed by atoms with van der Waals surface area (Å²) in [5.41, 5.74) is 2.05. The summed E-state index contributed by atoms with van der Waals surface area (Å²) in [6.45, 7) is 5.50. The normalized spacial score (nSPS) is 12.2. The molecule has 1 N–H and O–H groups in total. The molecule has 2 aromatic rings. The Morgan fingerprint density at radius 2 is 1.90 bits per heavy atom. The maximum absolute atomic E-state index is 12.9. The highest BCUT2D eigenvalue weighted by Crippen LogP contribution is 2.29. The maximum atomic E-state index is 12.9. The van der Waals surface area contributed by atoms with E-state index in [1.807, 2.05) is 12.1 Å². The zero-order chi connectivity index (χ0) is 15.2. The van der Waals surface area contributed by atoms with Gasteiger partial charge in [0, 0.05) is 16.1 Å². The topological polar surface area (TPSA) is 21.3 Å². The molecule has 1 atom stereocenters. The van der Waals surface area contributed by atoms with Gasteiger partial charge in [-0.2, -0.15) is 0 Å². The first kappa shape index (κ1) is 16.0. The molecule has 112 valence electrons. The number of nitrogens with one attached hydrogen (secondary N) is 1. The fourth-order valence-electron chi connectivity index (χ4n) is 2.15. The molecule has 0 aliphatic rings. The molecule has 2 nitrogen and oxygen atoms in total. The van der Waals surface area contributed by atoms with E-state index >= 15 is 0 Å². The average molecular weight is 352 g/mol. The molecule has 1 unspecified atom stereocenters. The third-order valence-electron chi connectivity index (χ3n) is 3.26. The molecule has 0 aliphatic carbocycles. The van der Waals surface area contributed by atoms with Crippen molar-refractivity contribution in [3.05, 3.63) is 63.9 Å². The number of benzene rings is 2. The van der Waals surface area contributed by atoms with Crippen LogP contribution in [0.15, 0.2) is 46.9 Å². The second-order valence-corrected chi connectivity index (χ2v) is 5.79. The van der Waals surface area contributed by atoms with Crippen LogP contribution in [0.4, 0.5) is 4.39 Å². The SMILES string of the molecule is CCNC(C)c1cc(Br)ccc1OCc1ccc(F)cc1. The Hall–Kier alpha value is -1.39. The van der Waals surface area contributed by atoms with Crippen molar-refractivity contribution in [3.8, 4) is 5.75 Å². The third-order valence-corrected chi connectivity index (χ3v) is 3.75. The van der Waals surface area contributed by atoms with Gasteiger partial charge in [0.15, 0.2) is 0 Å². The molecule has 0 heterocycles. The van der Waals surface area contributed by atoms with Crippen molar-refractivity contribution < 1.29 is 9.13 Å². The Morgan fingerprint density at radius 3 is 2.57 bits per heavy atom. The largest absolute Gasteiger partial charge is 0.489 e. The van der Waals surface area contributed by atoms with Gasteiger partial charge in [-0.05, 0) is 49.4 Å². The molecule has 0 radical (unpaired) electrons. The van der Waals surface area contributed by atoms with Crippen LogP contribution >= 0.6 is 15.9 Å². The van der Waals surface area contributed by atoms with Crippen LogP contribution in [0, 0.1) is 5.82 Å². The minimum absolute atomic E-state index is 0.204. The molecular weight excluding hydrogens is 333 g/mol. The Bertz CT molecular complexity index is 586. The monoisotopic (exact) mass is 351 g/mol. The predicted molar refractivity (Wildman–Crippen MR) is 87.0 cm³/mol. The van der Waals surface area contributed by atoms with Crippen LogP contribution in [0.2, 0.25) is 0 Å². The average Bonchev–Trinajstić information content (AvgIpc) is 2.48. The number of rotatable bonds is 6. The van der Waals surface area contributed by atoms with E-state index in [0.29, 0.717) is 6.61 Å². The summed E-state index contributed by atoms with van der Waals surface area (Å²) in [5.74, 6) is 0.611. The molecule has 0 amide bonds. The lowest BCUT2D eigenvalue weighted by molar-refractivity contribution is 0.299. The second-order valence-electron chi connectivity index (χ2n) is 4.88. The van der Waals surface area contributed by atoms with Crippen LogP contribution < -0.4 is 10.1 Å². The first-order valence-electron chi connectivity index (χ1n) is 7.00. The van der Waals surface area contributed by atoms with Crippen molar-refractivity contribution in [2.45, 2.75) is 26.5 Å². The van der Waals surface area contributed by atoms with Crippen LogP contribution in [0.1, 0.15) is 31.0 Å². The first-order valence-corrected chi connectivity index (χ1v) is 7.79. The van der Waals surface area contributed by atoms with Crippen LogP contribution in [-0.4, -0.2) is 6.54 Å². The van der Waals surface area contributed by atoms with Gasteiger partial charge in [0.1, 0.15) is 18.2 Å². The van der Waals surface area contributed by atoms with Gasteiger partial charge in [0.2, 0.25) is 0 Å². The van der Waals surface area contributed by atoms with Crippen molar-refractivity contribution in [1.29, 1.82) is 0 Å². The Balaban J connectivity index is 2.13. The molecule has 0 bridgehead atoms. The summed E-state index contributed by atoms with van der Waals surface area (Å²) in [5, 5.41) is 3.38. The Kier molecular flexibility index (Phi) is 5.76. The van der Waals surface area contributed by atoms with Gasteiger partial charge in [-0.3, -0.25) is 0 Å². The molecule has 2 rings (SSSR count). The van der Waals surface area contributed by atoms with Gasteiger partial charge in [-0.1, -0.05) is 35.0 Å². The molecule has 21 heavy (non-hydrogen) atoms. The number of hydrogen-bond donors (Lipinski definition) is 1. The third kappa shape index (κ3) is 4.55. The molecule has 0 aliphatic heterocycles. The highest BCUT2D eigenvalue weighted by Gasteiger charge is 2.11. The number of hydrogen-bond acceptors (Lipinski definition) is 2. The van der Waals surface area contributed by atoms with Crippen molar-refractivity contribution in [3.63, 3.8) is 0 Å². The van der Waals surface area contributed by atoms with Crippen LogP contribution in [0.5, 0.6) is 5.75 Å². The lowest BCUT2D eigenvalue weighted by atomic mass is 10.1. The van der Waals surface area contributed by atoms with E-state index in [-0.39, 0.29) is 11.9 Å². The molecule has 4 heteroatoms. The van der Waals surface area contributed by atoms with E-state index in [4.69, 9.17) is 4.74 Å². The summed E-state index contributed by atoms with van der Waals surface area (Å²) < 4.78 is 19.8. The molecule has 0 saturated heterocycles. The summed E-state index contributed by atoms with van der Waals surface area (Å²) in [6, 6.07) is 12.6. The molecule has 0 saturated carbocycles. The Morgan fingerprint density at radius 1 is 1.19 bits per heavy atom. The second kappa shape index (κ2) is 7.57. The van der Waals surface area contributed by atoms with E-state index in [9.17, 15) is 4.39 Å². The van der Waals surface area contributed by atoms with Crippen molar-refractivity contribution in [1.82, 2.24) is 5.32 Å². The molecule has 0 fully saturated rings. The van der Waals surface area contributed by atoms with Gasteiger partial charge >= 0.3 is 0 Å². The van der Waals surface area contributed by atoms with Gasteiger partial charge in [0.25, 0.3) is 0 Å². The van der Waals surface area contributed by atoms with Crippen molar-refractivity contribution in [2.24, 2.45) is 0 Å². The first-order chi connectivity index (χ1) is 10.1. The number of halogens is 2. The minimum Gasteiger partial charge on any atom is -0.489 e. The number of ether oxygens (including phenoxy) is 1. The summed E-state index contributed by atoms with van der Waals surface area (Å²) in [6.07, 6.45) is 0. The molecule has 2 aromatic carbocycles. The molecular formula is C17H19BrFNO. The molecule has 0 spiro atoms. The molecule has 0 aromatic heterocycles. The van der Waals surface area contributed by atoms with Gasteiger partial charge < -0.3 is 10.1 Å². The standard InChI is InChI=1S/C17H19BrFNO/c1-3-20-12(2)16-10-14(18)6-9-17(16)21-11-13-4-7-15(19)8-5-13/h4-10,12,20H,3,11H2,1-2H3. The summed E-state index contributed by atoms with van der Waals surface area (Å²) >= 11 is 3.49. The van der Waals surface area contributed by atoms with Crippen LogP contribution in [0.3, 0.4) is 0 Å². The zero-order valence-corrected chi connectivity index (χ0v) is 13.8. The lowest BCUT2D eigenvalue weighted by Gasteiger charge is -2.18. The fourth-order valence-corrected chi connectivity index (χ4v) is 2.53. The summed E-state index contributed by atoms with van der Waals surface area (Å²) in [4.78, 5) is 0. The highest BCUT2D eigenvalue weighted by atomic mass is 79.9. The highest BCUT2D eigenvalue weighted by molar-refractivity contribution is 9.10. The quantitative estimate of drug-likeness (QED) is 0.803. The van der Waals surface area contributed by atoms with Gasteiger partial charge in [-0.25, -0.2) is 4.39 Å². The van der Waals surface area contributed by atoms with Crippen molar-refractivity contribution in [2.75, 3.05) is 6.54 Å². The van der Waals surface area contributed by atoms with E-state index in [1.54, 1.807) is 12.1 Å². The van der Waals surface area contributed by atoms with E-state index in [2.05, 4.69) is 41.2 Å². The summed E-state index contributed by atoms with van der Waals surface area (Å²) in [7, 11) is 0. The zero-order valence-electron chi connectivity index (χ0n) is 12.2. The van der Waals surface area contributed by atoms with Gasteiger partial charge in [-0.15, -0.1) is 0 Å². The van der Waals surface area contributed by atoms with E-state index in [0.717, 1.165) is 27.9 Å². The van der Waals surface area contributed by atoms with Crippen molar-refractivity contribution >= 4 is 15.9 Å². The van der Waals surface area contributed by atoms with Crippen LogP contribution in [-0.2, 0) is 6.61 Å². The van der Waals surface area contributed by atoms with Crippen LogP contribution in [0.25, 0.3) is 0 Å². The van der Waals surface area contributed by atoms with E-state index in [1.165, 1.54) is 12.1 Å². The smallest absolute Gasteiger partial charge is 0.124 e. The minimum atomic E-state index is -0.233.